The van der Waals surface area contributed by atoms with E-state index < -0.39 is 6.04 Å². The van der Waals surface area contributed by atoms with Crippen molar-refractivity contribution in [2.75, 3.05) is 6.54 Å². The average Bonchev–Trinajstić information content (AvgIpc) is 2.70. The van der Waals surface area contributed by atoms with E-state index in [0.29, 0.717) is 18.9 Å². The standard InChI is InChI=1S/C13H20N4O2/c1-9(2)6-10-13(19)17(8-12(18)15-10)7-11-14-4-5-16(11)3/h4-5,9-10H,6-8H2,1-3H3,(H,15,18). The molecule has 1 atom stereocenters. The molecule has 0 aromatic carbocycles. The van der Waals surface area contributed by atoms with Crippen LogP contribution in [0.25, 0.3) is 0 Å². The zero-order valence-corrected chi connectivity index (χ0v) is 11.6. The quantitative estimate of drug-likeness (QED) is 0.850. The summed E-state index contributed by atoms with van der Waals surface area (Å²) in [4.78, 5) is 29.8. The molecule has 2 amide bonds. The second-order valence-corrected chi connectivity index (χ2v) is 5.40. The van der Waals surface area contributed by atoms with Gasteiger partial charge in [0.1, 0.15) is 18.4 Å². The summed E-state index contributed by atoms with van der Waals surface area (Å²) in [6.45, 7) is 4.57. The molecule has 104 valence electrons. The van der Waals surface area contributed by atoms with Crippen LogP contribution in [0.1, 0.15) is 26.1 Å². The number of aromatic nitrogens is 2. The third-order valence-corrected chi connectivity index (χ3v) is 3.24. The molecule has 2 heterocycles. The molecule has 1 N–H and O–H groups in total. The topological polar surface area (TPSA) is 67.2 Å². The van der Waals surface area contributed by atoms with Crippen LogP contribution in [-0.4, -0.2) is 38.9 Å². The van der Waals surface area contributed by atoms with Crippen LogP contribution in [0.4, 0.5) is 0 Å². The summed E-state index contributed by atoms with van der Waals surface area (Å²) in [6.07, 6.45) is 4.19. The highest BCUT2D eigenvalue weighted by Gasteiger charge is 2.33. The van der Waals surface area contributed by atoms with Crippen LogP contribution in [0.2, 0.25) is 0 Å². The summed E-state index contributed by atoms with van der Waals surface area (Å²) in [7, 11) is 1.88. The summed E-state index contributed by atoms with van der Waals surface area (Å²) in [6, 6.07) is -0.401. The van der Waals surface area contributed by atoms with Gasteiger partial charge in [-0.15, -0.1) is 0 Å². The lowest BCUT2D eigenvalue weighted by atomic mass is 10.0. The Morgan fingerprint density at radius 1 is 1.47 bits per heavy atom. The minimum atomic E-state index is -0.401. The van der Waals surface area contributed by atoms with Gasteiger partial charge in [0.2, 0.25) is 11.8 Å². The molecule has 0 spiro atoms. The Kier molecular flexibility index (Phi) is 3.87. The van der Waals surface area contributed by atoms with E-state index in [1.165, 1.54) is 0 Å². The van der Waals surface area contributed by atoms with E-state index >= 15 is 0 Å². The van der Waals surface area contributed by atoms with Gasteiger partial charge in [-0.05, 0) is 12.3 Å². The molecule has 1 saturated heterocycles. The Balaban J connectivity index is 2.09. The first kappa shape index (κ1) is 13.6. The van der Waals surface area contributed by atoms with Crippen molar-refractivity contribution in [2.24, 2.45) is 13.0 Å². The van der Waals surface area contributed by atoms with Gasteiger partial charge in [-0.2, -0.15) is 0 Å². The Labute approximate surface area is 112 Å². The maximum Gasteiger partial charge on any atom is 0.246 e. The predicted octanol–water partition coefficient (Wildman–Crippen LogP) is 0.293. The number of nitrogens with one attached hydrogen (secondary N) is 1. The Morgan fingerprint density at radius 2 is 2.21 bits per heavy atom. The number of hydrogen-bond donors (Lipinski definition) is 1. The lowest BCUT2D eigenvalue weighted by Gasteiger charge is -2.33. The molecule has 1 fully saturated rings. The molecule has 1 aliphatic heterocycles. The van der Waals surface area contributed by atoms with Crippen molar-refractivity contribution < 1.29 is 9.59 Å². The third-order valence-electron chi connectivity index (χ3n) is 3.24. The molecular weight excluding hydrogens is 244 g/mol. The lowest BCUT2D eigenvalue weighted by molar-refractivity contribution is -0.145. The van der Waals surface area contributed by atoms with Crippen molar-refractivity contribution in [2.45, 2.75) is 32.9 Å². The highest BCUT2D eigenvalue weighted by molar-refractivity contribution is 5.94. The second kappa shape index (κ2) is 5.42. The van der Waals surface area contributed by atoms with Gasteiger partial charge in [0.15, 0.2) is 0 Å². The van der Waals surface area contributed by atoms with Gasteiger partial charge in [0.25, 0.3) is 0 Å². The van der Waals surface area contributed by atoms with E-state index in [1.807, 2.05) is 31.7 Å². The Morgan fingerprint density at radius 3 is 2.79 bits per heavy atom. The minimum Gasteiger partial charge on any atom is -0.343 e. The summed E-state index contributed by atoms with van der Waals surface area (Å²) in [5.74, 6) is 1.03. The molecular formula is C13H20N4O2. The van der Waals surface area contributed by atoms with Crippen molar-refractivity contribution in [1.82, 2.24) is 19.8 Å². The monoisotopic (exact) mass is 264 g/mol. The number of aryl methyl sites for hydroxylation is 1. The van der Waals surface area contributed by atoms with Crippen LogP contribution in [0.5, 0.6) is 0 Å². The molecule has 0 aliphatic carbocycles. The van der Waals surface area contributed by atoms with Crippen LogP contribution in [-0.2, 0) is 23.2 Å². The highest BCUT2D eigenvalue weighted by atomic mass is 16.2. The molecule has 1 aromatic heterocycles. The van der Waals surface area contributed by atoms with Crippen molar-refractivity contribution in [3.63, 3.8) is 0 Å². The van der Waals surface area contributed by atoms with Crippen LogP contribution >= 0.6 is 0 Å². The normalized spacial score (nSPS) is 20.0. The molecule has 0 saturated carbocycles. The number of rotatable bonds is 4. The van der Waals surface area contributed by atoms with E-state index in [0.717, 1.165) is 5.82 Å². The van der Waals surface area contributed by atoms with Crippen LogP contribution in [0.3, 0.4) is 0 Å². The lowest BCUT2D eigenvalue weighted by Crippen LogP contribution is -2.58. The summed E-state index contributed by atoms with van der Waals surface area (Å²) in [5, 5.41) is 2.76. The molecule has 6 heteroatoms. The fraction of sp³-hybridized carbons (Fsp3) is 0.615. The largest absolute Gasteiger partial charge is 0.343 e. The molecule has 0 bridgehead atoms. The van der Waals surface area contributed by atoms with Crippen molar-refractivity contribution >= 4 is 11.8 Å². The van der Waals surface area contributed by atoms with E-state index in [4.69, 9.17) is 0 Å². The van der Waals surface area contributed by atoms with E-state index in [9.17, 15) is 9.59 Å². The van der Waals surface area contributed by atoms with Gasteiger partial charge in [-0.25, -0.2) is 4.98 Å². The van der Waals surface area contributed by atoms with Gasteiger partial charge < -0.3 is 14.8 Å². The number of carbonyl (C=O) groups is 2. The van der Waals surface area contributed by atoms with Crippen molar-refractivity contribution in [3.05, 3.63) is 18.2 Å². The zero-order valence-electron chi connectivity index (χ0n) is 11.6. The number of nitrogens with zero attached hydrogens (tertiary/aromatic N) is 3. The van der Waals surface area contributed by atoms with E-state index in [1.54, 1.807) is 11.1 Å². The smallest absolute Gasteiger partial charge is 0.246 e. The number of amides is 2. The molecule has 1 unspecified atom stereocenters. The fourth-order valence-electron chi connectivity index (χ4n) is 2.26. The molecule has 1 aliphatic rings. The molecule has 19 heavy (non-hydrogen) atoms. The first-order valence-corrected chi connectivity index (χ1v) is 6.51. The number of piperazine rings is 1. The van der Waals surface area contributed by atoms with Crippen molar-refractivity contribution in [3.8, 4) is 0 Å². The minimum absolute atomic E-state index is 0.0173. The van der Waals surface area contributed by atoms with Gasteiger partial charge in [0.05, 0.1) is 6.54 Å². The molecule has 1 aromatic rings. The summed E-state index contributed by atoms with van der Waals surface area (Å²) < 4.78 is 1.86. The first-order valence-electron chi connectivity index (χ1n) is 6.51. The van der Waals surface area contributed by atoms with Crippen LogP contribution in [0.15, 0.2) is 12.4 Å². The van der Waals surface area contributed by atoms with Gasteiger partial charge >= 0.3 is 0 Å². The van der Waals surface area contributed by atoms with Gasteiger partial charge in [-0.1, -0.05) is 13.8 Å². The summed E-state index contributed by atoms with van der Waals surface area (Å²) in [5.41, 5.74) is 0. The first-order chi connectivity index (χ1) is 8.97. The number of hydrogen-bond acceptors (Lipinski definition) is 3. The third kappa shape index (κ3) is 3.13. The molecule has 6 nitrogen and oxygen atoms in total. The second-order valence-electron chi connectivity index (χ2n) is 5.40. The Bertz CT molecular complexity index is 481. The van der Waals surface area contributed by atoms with Gasteiger partial charge in [0, 0.05) is 19.4 Å². The maximum atomic E-state index is 12.3. The maximum absolute atomic E-state index is 12.3. The van der Waals surface area contributed by atoms with Crippen molar-refractivity contribution in [1.29, 1.82) is 0 Å². The molecule has 0 radical (unpaired) electrons. The average molecular weight is 264 g/mol. The van der Waals surface area contributed by atoms with Crippen LogP contribution in [0, 0.1) is 5.92 Å². The number of imidazole rings is 1. The molecule has 2 rings (SSSR count). The Hall–Kier alpha value is -1.85. The van der Waals surface area contributed by atoms with Crippen LogP contribution < -0.4 is 5.32 Å². The van der Waals surface area contributed by atoms with Gasteiger partial charge in [-0.3, -0.25) is 9.59 Å². The predicted molar refractivity (Wildman–Crippen MR) is 70.0 cm³/mol. The fourth-order valence-corrected chi connectivity index (χ4v) is 2.26. The summed E-state index contributed by atoms with van der Waals surface area (Å²) >= 11 is 0. The van der Waals surface area contributed by atoms with E-state index in [-0.39, 0.29) is 18.4 Å². The highest BCUT2D eigenvalue weighted by Crippen LogP contribution is 2.13. The zero-order chi connectivity index (χ0) is 14.0. The number of carbonyl (C=O) groups excluding carboxylic acids is 2. The van der Waals surface area contributed by atoms with E-state index in [2.05, 4.69) is 10.3 Å². The SMILES string of the molecule is CC(C)CC1NC(=O)CN(Cc2nccn2C)C1=O.